The van der Waals surface area contributed by atoms with E-state index in [1.807, 2.05) is 42.6 Å². The zero-order valence-corrected chi connectivity index (χ0v) is 15.7. The summed E-state index contributed by atoms with van der Waals surface area (Å²) in [6, 6.07) is 14.5. The van der Waals surface area contributed by atoms with E-state index in [0.717, 1.165) is 22.6 Å². The van der Waals surface area contributed by atoms with Crippen LogP contribution in [0.5, 0.6) is 5.75 Å². The van der Waals surface area contributed by atoms with Gasteiger partial charge in [-0.15, -0.1) is 11.3 Å². The standard InChI is InChI=1S/C20H18N2O4S/c1-13-4-3-5-15(10-13)19(24)26-11-18(23)22-20-21-17(12-27-20)14-6-8-16(25-2)9-7-14/h3-10,12H,11H2,1-2H3,(H,21,22,23). The van der Waals surface area contributed by atoms with Gasteiger partial charge >= 0.3 is 5.97 Å². The van der Waals surface area contributed by atoms with Crippen LogP contribution >= 0.6 is 11.3 Å². The van der Waals surface area contributed by atoms with Gasteiger partial charge in [-0.25, -0.2) is 9.78 Å². The number of aromatic nitrogens is 1. The average Bonchev–Trinajstić information content (AvgIpc) is 3.14. The molecule has 0 aliphatic rings. The fraction of sp³-hybridized carbons (Fsp3) is 0.150. The van der Waals surface area contributed by atoms with Gasteiger partial charge in [-0.1, -0.05) is 17.7 Å². The predicted molar refractivity (Wildman–Crippen MR) is 104 cm³/mol. The van der Waals surface area contributed by atoms with E-state index in [9.17, 15) is 9.59 Å². The maximum absolute atomic E-state index is 12.0. The van der Waals surface area contributed by atoms with E-state index in [1.54, 1.807) is 25.3 Å². The second kappa shape index (κ2) is 8.46. The summed E-state index contributed by atoms with van der Waals surface area (Å²) in [4.78, 5) is 28.4. The second-order valence-electron chi connectivity index (χ2n) is 5.76. The Kier molecular flexibility index (Phi) is 5.83. The van der Waals surface area contributed by atoms with Gasteiger partial charge in [0.25, 0.3) is 5.91 Å². The van der Waals surface area contributed by atoms with E-state index >= 15 is 0 Å². The molecule has 0 unspecified atom stereocenters. The Morgan fingerprint density at radius 3 is 2.63 bits per heavy atom. The first-order valence-electron chi connectivity index (χ1n) is 8.19. The minimum Gasteiger partial charge on any atom is -0.497 e. The Morgan fingerprint density at radius 2 is 1.93 bits per heavy atom. The number of rotatable bonds is 6. The van der Waals surface area contributed by atoms with Gasteiger partial charge in [-0.2, -0.15) is 0 Å². The maximum Gasteiger partial charge on any atom is 0.338 e. The molecule has 3 aromatic rings. The Morgan fingerprint density at radius 1 is 1.15 bits per heavy atom. The SMILES string of the molecule is COc1ccc(-c2csc(NC(=O)COC(=O)c3cccc(C)c3)n2)cc1. The largest absolute Gasteiger partial charge is 0.497 e. The van der Waals surface area contributed by atoms with E-state index in [4.69, 9.17) is 9.47 Å². The lowest BCUT2D eigenvalue weighted by atomic mass is 10.1. The number of benzene rings is 2. The number of ether oxygens (including phenoxy) is 2. The zero-order valence-electron chi connectivity index (χ0n) is 14.9. The van der Waals surface area contributed by atoms with Crippen molar-refractivity contribution in [2.75, 3.05) is 19.0 Å². The number of nitrogens with one attached hydrogen (secondary N) is 1. The topological polar surface area (TPSA) is 77.5 Å². The first kappa shape index (κ1) is 18.6. The smallest absolute Gasteiger partial charge is 0.338 e. The number of nitrogens with zero attached hydrogens (tertiary/aromatic N) is 1. The molecule has 6 nitrogen and oxygen atoms in total. The zero-order chi connectivity index (χ0) is 19.2. The normalized spacial score (nSPS) is 10.3. The number of carbonyl (C=O) groups excluding carboxylic acids is 2. The number of hydrogen-bond donors (Lipinski definition) is 1. The molecule has 1 N–H and O–H groups in total. The molecule has 0 saturated carbocycles. The van der Waals surface area contributed by atoms with Crippen LogP contribution < -0.4 is 10.1 Å². The van der Waals surface area contributed by atoms with Crippen molar-refractivity contribution in [2.24, 2.45) is 0 Å². The number of anilines is 1. The highest BCUT2D eigenvalue weighted by molar-refractivity contribution is 7.14. The molecule has 2 aromatic carbocycles. The molecule has 0 aliphatic heterocycles. The van der Waals surface area contributed by atoms with E-state index in [2.05, 4.69) is 10.3 Å². The molecule has 0 saturated heterocycles. The van der Waals surface area contributed by atoms with E-state index < -0.39 is 11.9 Å². The molecule has 0 spiro atoms. The number of hydrogen-bond acceptors (Lipinski definition) is 6. The summed E-state index contributed by atoms with van der Waals surface area (Å²) in [5.41, 5.74) is 3.02. The van der Waals surface area contributed by atoms with Gasteiger partial charge in [0, 0.05) is 10.9 Å². The number of amides is 1. The van der Waals surface area contributed by atoms with Gasteiger partial charge in [-0.3, -0.25) is 10.1 Å². The highest BCUT2D eigenvalue weighted by Crippen LogP contribution is 2.26. The molecule has 3 rings (SSSR count). The van der Waals surface area contributed by atoms with Crippen molar-refractivity contribution < 1.29 is 19.1 Å². The summed E-state index contributed by atoms with van der Waals surface area (Å²) in [5.74, 6) is -0.212. The van der Waals surface area contributed by atoms with Crippen LogP contribution in [0.2, 0.25) is 0 Å². The van der Waals surface area contributed by atoms with Crippen LogP contribution in [-0.2, 0) is 9.53 Å². The Balaban J connectivity index is 1.55. The molecule has 7 heteroatoms. The molecule has 0 aliphatic carbocycles. The van der Waals surface area contributed by atoms with Gasteiger partial charge in [0.05, 0.1) is 18.4 Å². The summed E-state index contributed by atoms with van der Waals surface area (Å²) < 4.78 is 10.2. The molecule has 0 atom stereocenters. The van der Waals surface area contributed by atoms with Crippen molar-refractivity contribution in [3.8, 4) is 17.0 Å². The van der Waals surface area contributed by atoms with Crippen LogP contribution in [0.1, 0.15) is 15.9 Å². The van der Waals surface area contributed by atoms with Crippen molar-refractivity contribution in [1.82, 2.24) is 4.98 Å². The van der Waals surface area contributed by atoms with E-state index in [0.29, 0.717) is 10.7 Å². The Labute approximate surface area is 160 Å². The monoisotopic (exact) mass is 382 g/mol. The molecule has 0 fully saturated rings. The highest BCUT2D eigenvalue weighted by atomic mass is 32.1. The molecular weight excluding hydrogens is 364 g/mol. The number of thiazole rings is 1. The summed E-state index contributed by atoms with van der Waals surface area (Å²) in [7, 11) is 1.61. The van der Waals surface area contributed by atoms with Gasteiger partial charge in [0.2, 0.25) is 0 Å². The van der Waals surface area contributed by atoms with E-state index in [-0.39, 0.29) is 6.61 Å². The molecule has 138 valence electrons. The fourth-order valence-electron chi connectivity index (χ4n) is 2.37. The van der Waals surface area contributed by atoms with Crippen LogP contribution in [0.4, 0.5) is 5.13 Å². The molecule has 0 radical (unpaired) electrons. The van der Waals surface area contributed by atoms with Crippen LogP contribution in [0.15, 0.2) is 53.9 Å². The van der Waals surface area contributed by atoms with Crippen molar-refractivity contribution >= 4 is 28.3 Å². The van der Waals surface area contributed by atoms with Crippen LogP contribution in [0.25, 0.3) is 11.3 Å². The van der Waals surface area contributed by atoms with Gasteiger partial charge in [0.1, 0.15) is 5.75 Å². The summed E-state index contributed by atoms with van der Waals surface area (Å²) in [6.07, 6.45) is 0. The van der Waals surface area contributed by atoms with Crippen LogP contribution in [-0.4, -0.2) is 30.6 Å². The Hall–Kier alpha value is -3.19. The molecule has 27 heavy (non-hydrogen) atoms. The van der Waals surface area contributed by atoms with Gasteiger partial charge in [0.15, 0.2) is 11.7 Å². The molecule has 0 bridgehead atoms. The highest BCUT2D eigenvalue weighted by Gasteiger charge is 2.12. The summed E-state index contributed by atoms with van der Waals surface area (Å²) >= 11 is 1.30. The van der Waals surface area contributed by atoms with Crippen molar-refractivity contribution in [1.29, 1.82) is 0 Å². The lowest BCUT2D eigenvalue weighted by Gasteiger charge is -2.05. The van der Waals surface area contributed by atoms with Crippen LogP contribution in [0, 0.1) is 6.92 Å². The first-order chi connectivity index (χ1) is 13.0. The molecule has 1 heterocycles. The van der Waals surface area contributed by atoms with Crippen molar-refractivity contribution in [3.05, 3.63) is 65.0 Å². The third kappa shape index (κ3) is 4.92. The minimum atomic E-state index is -0.535. The lowest BCUT2D eigenvalue weighted by Crippen LogP contribution is -2.20. The number of esters is 1. The first-order valence-corrected chi connectivity index (χ1v) is 9.07. The fourth-order valence-corrected chi connectivity index (χ4v) is 3.10. The van der Waals surface area contributed by atoms with Gasteiger partial charge in [-0.05, 0) is 43.3 Å². The quantitative estimate of drug-likeness (QED) is 0.654. The summed E-state index contributed by atoms with van der Waals surface area (Å²) in [5, 5.41) is 4.92. The Bertz CT molecular complexity index is 951. The molecule has 1 aromatic heterocycles. The van der Waals surface area contributed by atoms with Crippen molar-refractivity contribution in [3.63, 3.8) is 0 Å². The molecular formula is C20H18N2O4S. The maximum atomic E-state index is 12.0. The van der Waals surface area contributed by atoms with Crippen molar-refractivity contribution in [2.45, 2.75) is 6.92 Å². The average molecular weight is 382 g/mol. The third-order valence-electron chi connectivity index (χ3n) is 3.72. The predicted octanol–water partition coefficient (Wildman–Crippen LogP) is 3.92. The van der Waals surface area contributed by atoms with E-state index in [1.165, 1.54) is 11.3 Å². The minimum absolute atomic E-state index is 0.371. The van der Waals surface area contributed by atoms with Gasteiger partial charge < -0.3 is 9.47 Å². The van der Waals surface area contributed by atoms with Crippen LogP contribution in [0.3, 0.4) is 0 Å². The number of carbonyl (C=O) groups is 2. The second-order valence-corrected chi connectivity index (χ2v) is 6.62. The summed E-state index contributed by atoms with van der Waals surface area (Å²) in [6.45, 7) is 1.51. The third-order valence-corrected chi connectivity index (χ3v) is 4.48. The number of methoxy groups -OCH3 is 1. The lowest BCUT2D eigenvalue weighted by molar-refractivity contribution is -0.119. The molecule has 1 amide bonds. The number of aryl methyl sites for hydroxylation is 1.